The Balaban J connectivity index is 0.000000156. The van der Waals surface area contributed by atoms with Gasteiger partial charge in [-0.15, -0.1) is 0 Å². The molecule has 4 heteroatoms. The van der Waals surface area contributed by atoms with E-state index in [9.17, 15) is 9.90 Å². The van der Waals surface area contributed by atoms with Gasteiger partial charge in [0.05, 0.1) is 11.7 Å². The second-order valence-electron chi connectivity index (χ2n) is 8.83. The van der Waals surface area contributed by atoms with Crippen LogP contribution in [0.3, 0.4) is 0 Å². The van der Waals surface area contributed by atoms with Crippen LogP contribution in [-0.2, 0) is 0 Å². The molecule has 0 amide bonds. The molecule has 4 fully saturated rings. The number of unbranched alkanes of at least 4 members (excludes halogenated alkanes) is 1. The van der Waals surface area contributed by atoms with Crippen LogP contribution in [0, 0.1) is 17.8 Å². The van der Waals surface area contributed by atoms with Crippen molar-refractivity contribution in [2.45, 2.75) is 76.4 Å². The fourth-order valence-corrected chi connectivity index (χ4v) is 5.71. The lowest BCUT2D eigenvalue weighted by atomic mass is 9.53. The molecule has 4 nitrogen and oxygen atoms in total. The van der Waals surface area contributed by atoms with E-state index in [-0.39, 0.29) is 5.56 Å². The summed E-state index contributed by atoms with van der Waals surface area (Å²) in [6, 6.07) is 6.60. The average molecular weight is 360 g/mol. The lowest BCUT2D eigenvalue weighted by Gasteiger charge is -2.55. The van der Waals surface area contributed by atoms with Crippen LogP contribution in [0.15, 0.2) is 24.3 Å². The lowest BCUT2D eigenvalue weighted by molar-refractivity contribution is 0.000361. The number of hydrogen-bond acceptors (Lipinski definition) is 3. The van der Waals surface area contributed by atoms with Gasteiger partial charge in [-0.1, -0.05) is 38.0 Å². The molecule has 4 aliphatic rings. The third kappa shape index (κ3) is 4.47. The number of aromatic carboxylic acids is 1. The first-order chi connectivity index (χ1) is 12.4. The first kappa shape index (κ1) is 19.4. The molecule has 1 aromatic carbocycles. The zero-order valence-electron chi connectivity index (χ0n) is 15.9. The maximum atomic E-state index is 10.9. The second kappa shape index (κ2) is 8.10. The zero-order valence-corrected chi connectivity index (χ0v) is 15.9. The molecule has 5 rings (SSSR count). The fraction of sp³-hybridized carbons (Fsp3) is 0.682. The van der Waals surface area contributed by atoms with Crippen molar-refractivity contribution in [3.63, 3.8) is 0 Å². The molecule has 4 saturated carbocycles. The number of nitrogens with two attached hydrogens (primary N) is 1. The molecule has 0 spiro atoms. The highest BCUT2D eigenvalue weighted by atomic mass is 16.4. The van der Waals surface area contributed by atoms with Gasteiger partial charge >= 0.3 is 5.97 Å². The van der Waals surface area contributed by atoms with Gasteiger partial charge in [-0.3, -0.25) is 0 Å². The summed E-state index contributed by atoms with van der Waals surface area (Å²) in [7, 11) is 0. The molecular formula is C22H33NO3. The van der Waals surface area contributed by atoms with E-state index in [0.29, 0.717) is 17.5 Å². The Bertz CT molecular complexity index is 592. The first-order valence-corrected chi connectivity index (χ1v) is 10.2. The number of carbonyl (C=O) groups is 1. The van der Waals surface area contributed by atoms with E-state index in [1.807, 2.05) is 6.92 Å². The van der Waals surface area contributed by atoms with Crippen LogP contribution in [0.4, 0.5) is 0 Å². The van der Waals surface area contributed by atoms with Crippen molar-refractivity contribution in [2.75, 3.05) is 0 Å². The van der Waals surface area contributed by atoms with Gasteiger partial charge in [0.1, 0.15) is 0 Å². The molecule has 1 aromatic rings. The normalized spacial score (nSPS) is 32.7. The van der Waals surface area contributed by atoms with Crippen LogP contribution in [0.25, 0.3) is 0 Å². The number of rotatable bonds is 5. The third-order valence-corrected chi connectivity index (χ3v) is 6.47. The number of carboxylic acids is 1. The van der Waals surface area contributed by atoms with Crippen LogP contribution in [-0.4, -0.2) is 21.7 Å². The molecule has 0 saturated heterocycles. The van der Waals surface area contributed by atoms with Crippen molar-refractivity contribution >= 4 is 5.97 Å². The van der Waals surface area contributed by atoms with Gasteiger partial charge in [0.15, 0.2) is 0 Å². The van der Waals surface area contributed by atoms with Gasteiger partial charge in [-0.2, -0.15) is 0 Å². The van der Waals surface area contributed by atoms with Gasteiger partial charge in [-0.25, -0.2) is 4.79 Å². The number of aliphatic hydroxyl groups is 1. The Hall–Kier alpha value is -1.39. The summed E-state index contributed by atoms with van der Waals surface area (Å²) in [6.07, 6.45) is 10.4. The Morgan fingerprint density at radius 2 is 1.69 bits per heavy atom. The summed E-state index contributed by atoms with van der Waals surface area (Å²) in [5, 5.41) is 18.7. The van der Waals surface area contributed by atoms with Gasteiger partial charge < -0.3 is 15.9 Å². The minimum Gasteiger partial charge on any atom is -0.478 e. The monoisotopic (exact) mass is 359 g/mol. The van der Waals surface area contributed by atoms with Gasteiger partial charge in [0, 0.05) is 5.54 Å². The average Bonchev–Trinajstić information content (AvgIpc) is 2.58. The highest BCUT2D eigenvalue weighted by Gasteiger charge is 2.48. The number of carboxylic acid groups (broad SMARTS) is 1. The first-order valence-electron chi connectivity index (χ1n) is 10.2. The number of hydrogen-bond donors (Lipinski definition) is 3. The molecule has 0 aliphatic heterocycles. The van der Waals surface area contributed by atoms with Gasteiger partial charge in [0.2, 0.25) is 0 Å². The van der Waals surface area contributed by atoms with Crippen molar-refractivity contribution in [1.82, 2.24) is 0 Å². The van der Waals surface area contributed by atoms with Crippen molar-refractivity contribution in [3.8, 4) is 0 Å². The molecule has 1 unspecified atom stereocenters. The van der Waals surface area contributed by atoms with Gasteiger partial charge in [-0.05, 0) is 74.3 Å². The molecular weight excluding hydrogens is 326 g/mol. The summed E-state index contributed by atoms with van der Waals surface area (Å²) < 4.78 is 0. The van der Waals surface area contributed by atoms with Crippen LogP contribution < -0.4 is 5.73 Å². The standard InChI is InChI=1S/C12H16O3.C10H17N/c1-2-3-8-11(13)9-6-4-5-7-10(9)12(14)15;11-10-4-7-1-8(5-10)3-9(2-7)6-10/h4-7,11,13H,2-3,8H2,1H3,(H,14,15);7-9H,1-6,11H2. The Kier molecular flexibility index (Phi) is 6.03. The Morgan fingerprint density at radius 3 is 2.15 bits per heavy atom. The van der Waals surface area contributed by atoms with E-state index in [1.165, 1.54) is 44.6 Å². The molecule has 26 heavy (non-hydrogen) atoms. The minimum absolute atomic E-state index is 0.195. The molecule has 0 radical (unpaired) electrons. The quantitative estimate of drug-likeness (QED) is 0.721. The maximum absolute atomic E-state index is 10.9. The number of benzene rings is 1. The summed E-state index contributed by atoms with van der Waals surface area (Å²) >= 11 is 0. The smallest absolute Gasteiger partial charge is 0.336 e. The zero-order chi connectivity index (χ0) is 18.7. The highest BCUT2D eigenvalue weighted by Crippen LogP contribution is 2.54. The summed E-state index contributed by atoms with van der Waals surface area (Å²) in [5.74, 6) is 2.07. The fourth-order valence-electron chi connectivity index (χ4n) is 5.71. The van der Waals surface area contributed by atoms with Gasteiger partial charge in [0.25, 0.3) is 0 Å². The summed E-state index contributed by atoms with van der Waals surface area (Å²) in [5.41, 5.74) is 7.33. The van der Waals surface area contributed by atoms with E-state index in [0.717, 1.165) is 30.6 Å². The highest BCUT2D eigenvalue weighted by molar-refractivity contribution is 5.89. The van der Waals surface area contributed by atoms with E-state index < -0.39 is 12.1 Å². The van der Waals surface area contributed by atoms with Crippen molar-refractivity contribution in [3.05, 3.63) is 35.4 Å². The van der Waals surface area contributed by atoms with Crippen LogP contribution >= 0.6 is 0 Å². The maximum Gasteiger partial charge on any atom is 0.336 e. The topological polar surface area (TPSA) is 83.5 Å². The molecule has 0 aromatic heterocycles. The molecule has 0 heterocycles. The largest absolute Gasteiger partial charge is 0.478 e. The lowest BCUT2D eigenvalue weighted by Crippen LogP contribution is -2.55. The van der Waals surface area contributed by atoms with Crippen molar-refractivity contribution in [1.29, 1.82) is 0 Å². The molecule has 1 atom stereocenters. The Morgan fingerprint density at radius 1 is 1.15 bits per heavy atom. The van der Waals surface area contributed by atoms with Crippen LogP contribution in [0.1, 0.15) is 86.7 Å². The predicted octanol–water partition coefficient (Wildman–Crippen LogP) is 4.52. The summed E-state index contributed by atoms with van der Waals surface area (Å²) in [4.78, 5) is 10.9. The van der Waals surface area contributed by atoms with Crippen LogP contribution in [0.5, 0.6) is 0 Å². The van der Waals surface area contributed by atoms with E-state index in [1.54, 1.807) is 18.2 Å². The van der Waals surface area contributed by atoms with Crippen LogP contribution in [0.2, 0.25) is 0 Å². The molecule has 4 N–H and O–H groups in total. The second-order valence-corrected chi connectivity index (χ2v) is 8.83. The Labute approximate surface area is 156 Å². The SMILES string of the molecule is CCCCC(O)c1ccccc1C(=O)O.NC12CC3CC(CC(C3)C1)C2. The molecule has 4 aliphatic carbocycles. The number of aliphatic hydroxyl groups excluding tert-OH is 1. The molecule has 144 valence electrons. The summed E-state index contributed by atoms with van der Waals surface area (Å²) in [6.45, 7) is 2.04. The predicted molar refractivity (Wildman–Crippen MR) is 103 cm³/mol. The van der Waals surface area contributed by atoms with Crippen molar-refractivity contribution < 1.29 is 15.0 Å². The third-order valence-electron chi connectivity index (χ3n) is 6.47. The molecule has 4 bridgehead atoms. The van der Waals surface area contributed by atoms with E-state index >= 15 is 0 Å². The minimum atomic E-state index is -0.985. The van der Waals surface area contributed by atoms with Crippen molar-refractivity contribution in [2.24, 2.45) is 23.5 Å². The van der Waals surface area contributed by atoms with E-state index in [2.05, 4.69) is 0 Å². The van der Waals surface area contributed by atoms with E-state index in [4.69, 9.17) is 10.8 Å².